The number of aryl methyl sites for hydroxylation is 2. The molecule has 0 aliphatic heterocycles. The van der Waals surface area contributed by atoms with Crippen LogP contribution in [0.15, 0.2) is 0 Å². The standard InChI is InChI=1S/C15H30ClN5/c1-7-20(8-2)15(5,6)13(18-17)10-12-14(16)11(4)19-21(12)9-3/h13,18H,7-10,17H2,1-6H3. The topological polar surface area (TPSA) is 59.1 Å². The van der Waals surface area contributed by atoms with Gasteiger partial charge in [-0.05, 0) is 40.8 Å². The van der Waals surface area contributed by atoms with Gasteiger partial charge in [-0.15, -0.1) is 0 Å². The zero-order valence-corrected chi connectivity index (χ0v) is 15.0. The van der Waals surface area contributed by atoms with Gasteiger partial charge >= 0.3 is 0 Å². The number of aromatic nitrogens is 2. The molecule has 0 bridgehead atoms. The van der Waals surface area contributed by atoms with Crippen LogP contribution in [0.1, 0.15) is 46.0 Å². The minimum Gasteiger partial charge on any atom is -0.297 e. The molecule has 0 spiro atoms. The number of halogens is 1. The second-order valence-electron chi connectivity index (χ2n) is 5.91. The first-order chi connectivity index (χ1) is 9.83. The molecule has 0 saturated heterocycles. The first-order valence-electron chi connectivity index (χ1n) is 7.76. The molecule has 5 nitrogen and oxygen atoms in total. The van der Waals surface area contributed by atoms with E-state index in [2.05, 4.69) is 50.0 Å². The van der Waals surface area contributed by atoms with Gasteiger partial charge in [0.2, 0.25) is 0 Å². The summed E-state index contributed by atoms with van der Waals surface area (Å²) in [4.78, 5) is 2.41. The third-order valence-electron chi connectivity index (χ3n) is 4.48. The first kappa shape index (κ1) is 18.4. The molecule has 1 heterocycles. The van der Waals surface area contributed by atoms with Gasteiger partial charge in [0.1, 0.15) is 0 Å². The monoisotopic (exact) mass is 315 g/mol. The molecule has 6 heteroatoms. The summed E-state index contributed by atoms with van der Waals surface area (Å²) in [5, 5.41) is 5.24. The number of nitrogens with zero attached hydrogens (tertiary/aromatic N) is 3. The third kappa shape index (κ3) is 3.77. The van der Waals surface area contributed by atoms with Crippen LogP contribution in [0.4, 0.5) is 0 Å². The van der Waals surface area contributed by atoms with E-state index in [1.165, 1.54) is 0 Å². The van der Waals surface area contributed by atoms with E-state index >= 15 is 0 Å². The molecule has 0 amide bonds. The Balaban J connectivity index is 3.07. The lowest BCUT2D eigenvalue weighted by Gasteiger charge is -2.43. The highest BCUT2D eigenvalue weighted by Crippen LogP contribution is 2.26. The van der Waals surface area contributed by atoms with Crippen molar-refractivity contribution >= 4 is 11.6 Å². The molecule has 0 fully saturated rings. The van der Waals surface area contributed by atoms with Crippen molar-refractivity contribution in [3.8, 4) is 0 Å². The molecular formula is C15H30ClN5. The molecular weight excluding hydrogens is 286 g/mol. The quantitative estimate of drug-likeness (QED) is 0.571. The highest BCUT2D eigenvalue weighted by molar-refractivity contribution is 6.31. The third-order valence-corrected chi connectivity index (χ3v) is 4.97. The molecule has 0 aliphatic rings. The molecule has 21 heavy (non-hydrogen) atoms. The molecule has 1 aromatic heterocycles. The van der Waals surface area contributed by atoms with Gasteiger partial charge in [-0.3, -0.25) is 20.9 Å². The maximum Gasteiger partial charge on any atom is 0.0847 e. The second kappa shape index (κ2) is 7.58. The van der Waals surface area contributed by atoms with E-state index in [-0.39, 0.29) is 11.6 Å². The first-order valence-corrected chi connectivity index (χ1v) is 8.14. The fourth-order valence-electron chi connectivity index (χ4n) is 3.03. The lowest BCUT2D eigenvalue weighted by atomic mass is 9.89. The van der Waals surface area contributed by atoms with E-state index in [4.69, 9.17) is 17.4 Å². The average molecular weight is 316 g/mol. The Hall–Kier alpha value is -0.620. The molecule has 1 unspecified atom stereocenters. The zero-order valence-electron chi connectivity index (χ0n) is 14.2. The number of likely N-dealkylation sites (N-methyl/N-ethyl adjacent to an activating group) is 1. The molecule has 0 aromatic carbocycles. The van der Waals surface area contributed by atoms with Gasteiger partial charge in [0, 0.05) is 24.5 Å². The number of hydrazine groups is 1. The van der Waals surface area contributed by atoms with Gasteiger partial charge in [0.25, 0.3) is 0 Å². The molecule has 1 aromatic rings. The van der Waals surface area contributed by atoms with E-state index in [0.717, 1.165) is 42.5 Å². The summed E-state index contributed by atoms with van der Waals surface area (Å²) >= 11 is 6.43. The summed E-state index contributed by atoms with van der Waals surface area (Å²) in [5.74, 6) is 5.85. The van der Waals surface area contributed by atoms with Gasteiger partial charge in [0.05, 0.1) is 16.4 Å². The Morgan fingerprint density at radius 1 is 1.33 bits per heavy atom. The van der Waals surface area contributed by atoms with E-state index in [0.29, 0.717) is 0 Å². The SMILES string of the molecule is CCN(CC)C(C)(C)C(Cc1c(Cl)c(C)nn1CC)NN. The number of hydrogen-bond donors (Lipinski definition) is 2. The zero-order chi connectivity index (χ0) is 16.2. The number of nitrogens with two attached hydrogens (primary N) is 1. The van der Waals surface area contributed by atoms with Gasteiger partial charge in [-0.2, -0.15) is 5.10 Å². The highest BCUT2D eigenvalue weighted by Gasteiger charge is 2.34. The minimum absolute atomic E-state index is 0.0711. The molecule has 0 saturated carbocycles. The average Bonchev–Trinajstić information content (AvgIpc) is 2.72. The molecule has 3 N–H and O–H groups in total. The number of hydrogen-bond acceptors (Lipinski definition) is 4. The summed E-state index contributed by atoms with van der Waals surface area (Å²) in [6, 6.07) is 0.0938. The van der Waals surface area contributed by atoms with Gasteiger partial charge in [-0.1, -0.05) is 25.4 Å². The fraction of sp³-hybridized carbons (Fsp3) is 0.800. The van der Waals surface area contributed by atoms with Crippen molar-refractivity contribution in [2.45, 2.75) is 66.1 Å². The van der Waals surface area contributed by atoms with E-state index in [1.54, 1.807) is 0 Å². The Morgan fingerprint density at radius 2 is 1.90 bits per heavy atom. The molecule has 122 valence electrons. The van der Waals surface area contributed by atoms with E-state index in [1.807, 2.05) is 11.6 Å². The summed E-state index contributed by atoms with van der Waals surface area (Å²) in [6.45, 7) is 15.6. The minimum atomic E-state index is -0.0711. The van der Waals surface area contributed by atoms with Crippen LogP contribution in [0, 0.1) is 6.92 Å². The van der Waals surface area contributed by atoms with Gasteiger partial charge in [-0.25, -0.2) is 0 Å². The summed E-state index contributed by atoms with van der Waals surface area (Å²) in [6.07, 6.45) is 0.757. The van der Waals surface area contributed by atoms with Crippen molar-refractivity contribution in [2.75, 3.05) is 13.1 Å². The Labute approximate surface area is 133 Å². The Kier molecular flexibility index (Phi) is 6.66. The van der Waals surface area contributed by atoms with Gasteiger partial charge in [0.15, 0.2) is 0 Å². The smallest absolute Gasteiger partial charge is 0.0847 e. The van der Waals surface area contributed by atoms with Crippen molar-refractivity contribution in [1.82, 2.24) is 20.1 Å². The summed E-state index contributed by atoms with van der Waals surface area (Å²) in [5.41, 5.74) is 4.85. The van der Waals surface area contributed by atoms with Crippen molar-refractivity contribution in [2.24, 2.45) is 5.84 Å². The fourth-order valence-corrected chi connectivity index (χ4v) is 3.24. The van der Waals surface area contributed by atoms with Crippen LogP contribution < -0.4 is 11.3 Å². The van der Waals surface area contributed by atoms with Crippen molar-refractivity contribution in [1.29, 1.82) is 0 Å². The maximum atomic E-state index is 6.43. The summed E-state index contributed by atoms with van der Waals surface area (Å²) < 4.78 is 1.97. The largest absolute Gasteiger partial charge is 0.297 e. The summed E-state index contributed by atoms with van der Waals surface area (Å²) in [7, 11) is 0. The van der Waals surface area contributed by atoms with Crippen LogP contribution in [0.5, 0.6) is 0 Å². The normalized spacial score (nSPS) is 14.0. The van der Waals surface area contributed by atoms with E-state index in [9.17, 15) is 0 Å². The predicted octanol–water partition coefficient (Wildman–Crippen LogP) is 2.36. The van der Waals surface area contributed by atoms with Crippen LogP contribution >= 0.6 is 11.6 Å². The van der Waals surface area contributed by atoms with Crippen LogP contribution in [-0.4, -0.2) is 39.4 Å². The number of rotatable bonds is 8. The predicted molar refractivity (Wildman–Crippen MR) is 89.5 cm³/mol. The van der Waals surface area contributed by atoms with Crippen LogP contribution in [0.3, 0.4) is 0 Å². The van der Waals surface area contributed by atoms with Crippen molar-refractivity contribution in [3.05, 3.63) is 16.4 Å². The highest BCUT2D eigenvalue weighted by atomic mass is 35.5. The molecule has 1 rings (SSSR count). The van der Waals surface area contributed by atoms with Gasteiger partial charge < -0.3 is 0 Å². The van der Waals surface area contributed by atoms with Crippen molar-refractivity contribution in [3.63, 3.8) is 0 Å². The van der Waals surface area contributed by atoms with Crippen molar-refractivity contribution < 1.29 is 0 Å². The lowest BCUT2D eigenvalue weighted by molar-refractivity contribution is 0.0903. The maximum absolute atomic E-state index is 6.43. The Bertz CT molecular complexity index is 451. The van der Waals surface area contributed by atoms with Crippen LogP contribution in [-0.2, 0) is 13.0 Å². The van der Waals surface area contributed by atoms with Crippen LogP contribution in [0.2, 0.25) is 5.02 Å². The second-order valence-corrected chi connectivity index (χ2v) is 6.29. The Morgan fingerprint density at radius 3 is 2.33 bits per heavy atom. The van der Waals surface area contributed by atoms with E-state index < -0.39 is 0 Å². The molecule has 0 radical (unpaired) electrons. The van der Waals surface area contributed by atoms with Crippen LogP contribution in [0.25, 0.3) is 0 Å². The molecule has 0 aliphatic carbocycles. The number of nitrogens with one attached hydrogen (secondary N) is 1. The lowest BCUT2D eigenvalue weighted by Crippen LogP contribution is -2.60. The molecule has 1 atom stereocenters.